The number of carbonyl (C=O) groups is 1. The van der Waals surface area contributed by atoms with Crippen LogP contribution in [0.25, 0.3) is 21.5 Å². The smallest absolute Gasteiger partial charge is 0.336 e. The molecule has 0 aliphatic rings. The highest BCUT2D eigenvalue weighted by atomic mass is 16.4. The molecule has 0 radical (unpaired) electrons. The summed E-state index contributed by atoms with van der Waals surface area (Å²) in [6.07, 6.45) is 0. The van der Waals surface area contributed by atoms with E-state index in [9.17, 15) is 9.90 Å². The maximum absolute atomic E-state index is 11.4. The molecule has 0 spiro atoms. The van der Waals surface area contributed by atoms with Gasteiger partial charge in [-0.15, -0.1) is 0 Å². The van der Waals surface area contributed by atoms with E-state index in [4.69, 9.17) is 0 Å². The number of aryl methyl sites for hydroxylation is 1. The third-order valence-corrected chi connectivity index (χ3v) is 3.32. The molecular weight excluding hydrogens is 224 g/mol. The molecule has 0 bridgehead atoms. The molecule has 0 unspecified atom stereocenters. The van der Waals surface area contributed by atoms with Gasteiger partial charge in [-0.3, -0.25) is 0 Å². The van der Waals surface area contributed by atoms with Crippen molar-refractivity contribution in [3.05, 3.63) is 59.7 Å². The fraction of sp³-hybridized carbons (Fsp3) is 0.0625. The first-order valence-electron chi connectivity index (χ1n) is 5.83. The number of hydrogen-bond acceptors (Lipinski definition) is 1. The van der Waals surface area contributed by atoms with Crippen molar-refractivity contribution in [3.63, 3.8) is 0 Å². The minimum Gasteiger partial charge on any atom is -0.478 e. The maximum atomic E-state index is 11.4. The van der Waals surface area contributed by atoms with Crippen molar-refractivity contribution in [2.75, 3.05) is 0 Å². The van der Waals surface area contributed by atoms with Crippen LogP contribution in [0.2, 0.25) is 0 Å². The van der Waals surface area contributed by atoms with E-state index in [1.165, 1.54) is 0 Å². The number of carboxylic acid groups (broad SMARTS) is 1. The summed E-state index contributed by atoms with van der Waals surface area (Å²) in [4.78, 5) is 11.4. The van der Waals surface area contributed by atoms with E-state index in [0.29, 0.717) is 5.56 Å². The van der Waals surface area contributed by atoms with Gasteiger partial charge in [-0.05, 0) is 40.1 Å². The number of carboxylic acids is 1. The molecule has 2 nitrogen and oxygen atoms in total. The van der Waals surface area contributed by atoms with E-state index >= 15 is 0 Å². The third-order valence-electron chi connectivity index (χ3n) is 3.32. The fourth-order valence-electron chi connectivity index (χ4n) is 2.51. The van der Waals surface area contributed by atoms with Crippen LogP contribution in [0.4, 0.5) is 0 Å². The predicted octanol–water partition coefficient (Wildman–Crippen LogP) is 4.00. The Labute approximate surface area is 104 Å². The molecule has 3 rings (SSSR count). The number of benzene rings is 3. The van der Waals surface area contributed by atoms with Crippen LogP contribution >= 0.6 is 0 Å². The number of aromatic carboxylic acids is 1. The highest BCUT2D eigenvalue weighted by molar-refractivity contribution is 6.16. The molecule has 3 aromatic rings. The first-order valence-corrected chi connectivity index (χ1v) is 5.83. The summed E-state index contributed by atoms with van der Waals surface area (Å²) < 4.78 is 0. The van der Waals surface area contributed by atoms with Crippen molar-refractivity contribution >= 4 is 27.5 Å². The maximum Gasteiger partial charge on any atom is 0.336 e. The van der Waals surface area contributed by atoms with Crippen molar-refractivity contribution < 1.29 is 9.90 Å². The summed E-state index contributed by atoms with van der Waals surface area (Å²) in [5.74, 6) is -0.875. The van der Waals surface area contributed by atoms with E-state index in [1.807, 2.05) is 49.4 Å². The van der Waals surface area contributed by atoms with E-state index in [-0.39, 0.29) is 0 Å². The Morgan fingerprint density at radius 2 is 1.72 bits per heavy atom. The van der Waals surface area contributed by atoms with Crippen molar-refractivity contribution in [1.82, 2.24) is 0 Å². The summed E-state index contributed by atoms with van der Waals surface area (Å²) in [5, 5.41) is 13.3. The predicted molar refractivity (Wildman–Crippen MR) is 73.2 cm³/mol. The van der Waals surface area contributed by atoms with E-state index in [1.54, 1.807) is 6.07 Å². The SMILES string of the molecule is Cc1cccc2c1c(C(=O)O)cc1ccccc12. The second-order valence-corrected chi connectivity index (χ2v) is 4.45. The molecule has 0 saturated carbocycles. The van der Waals surface area contributed by atoms with Crippen molar-refractivity contribution in [3.8, 4) is 0 Å². The summed E-state index contributed by atoms with van der Waals surface area (Å²) >= 11 is 0. The quantitative estimate of drug-likeness (QED) is 0.648. The van der Waals surface area contributed by atoms with Gasteiger partial charge in [0.15, 0.2) is 0 Å². The molecule has 0 atom stereocenters. The van der Waals surface area contributed by atoms with Gasteiger partial charge in [0.2, 0.25) is 0 Å². The first kappa shape index (κ1) is 10.8. The van der Waals surface area contributed by atoms with Gasteiger partial charge < -0.3 is 5.11 Å². The molecule has 1 N–H and O–H groups in total. The molecule has 0 saturated heterocycles. The molecule has 0 heterocycles. The Hall–Kier alpha value is -2.35. The molecule has 0 amide bonds. The van der Waals surface area contributed by atoms with Gasteiger partial charge in [-0.2, -0.15) is 0 Å². The van der Waals surface area contributed by atoms with Crippen LogP contribution in [-0.4, -0.2) is 11.1 Å². The Balaban J connectivity index is 2.63. The normalized spacial score (nSPS) is 10.9. The summed E-state index contributed by atoms with van der Waals surface area (Å²) in [5.41, 5.74) is 1.37. The van der Waals surface area contributed by atoms with Crippen LogP contribution < -0.4 is 0 Å². The zero-order valence-corrected chi connectivity index (χ0v) is 9.97. The summed E-state index contributed by atoms with van der Waals surface area (Å²) in [7, 11) is 0. The number of fused-ring (bicyclic) bond motifs is 3. The largest absolute Gasteiger partial charge is 0.478 e. The lowest BCUT2D eigenvalue weighted by Crippen LogP contribution is -1.99. The molecule has 2 heteroatoms. The third kappa shape index (κ3) is 1.46. The molecule has 0 aromatic heterocycles. The zero-order valence-electron chi connectivity index (χ0n) is 9.97. The fourth-order valence-corrected chi connectivity index (χ4v) is 2.51. The van der Waals surface area contributed by atoms with Crippen molar-refractivity contribution in [2.24, 2.45) is 0 Å². The van der Waals surface area contributed by atoms with Gasteiger partial charge >= 0.3 is 5.97 Å². The Bertz CT molecular complexity index is 772. The standard InChI is InChI=1S/C16H12O2/c1-10-5-4-8-13-12-7-3-2-6-11(12)9-14(15(10)13)16(17)18/h2-9H,1H3,(H,17,18). The molecule has 0 fully saturated rings. The van der Waals surface area contributed by atoms with Gasteiger partial charge in [0.05, 0.1) is 5.56 Å². The van der Waals surface area contributed by atoms with Gasteiger partial charge in [-0.25, -0.2) is 4.79 Å². The summed E-state index contributed by atoms with van der Waals surface area (Å²) in [6.45, 7) is 1.95. The van der Waals surface area contributed by atoms with Crippen molar-refractivity contribution in [2.45, 2.75) is 6.92 Å². The van der Waals surface area contributed by atoms with Crippen LogP contribution in [0, 0.1) is 6.92 Å². The average Bonchev–Trinajstić information content (AvgIpc) is 2.38. The van der Waals surface area contributed by atoms with Gasteiger partial charge in [0, 0.05) is 0 Å². The van der Waals surface area contributed by atoms with E-state index < -0.39 is 5.97 Å². The van der Waals surface area contributed by atoms with E-state index in [2.05, 4.69) is 0 Å². The number of rotatable bonds is 1. The minimum atomic E-state index is -0.875. The molecule has 0 aliphatic heterocycles. The molecule has 3 aromatic carbocycles. The lowest BCUT2D eigenvalue weighted by molar-refractivity contribution is 0.0699. The second kappa shape index (κ2) is 3.84. The highest BCUT2D eigenvalue weighted by Gasteiger charge is 2.13. The topological polar surface area (TPSA) is 37.3 Å². The van der Waals surface area contributed by atoms with Gasteiger partial charge in [0.1, 0.15) is 0 Å². The van der Waals surface area contributed by atoms with Gasteiger partial charge in [-0.1, -0.05) is 42.5 Å². The average molecular weight is 236 g/mol. The Kier molecular flexibility index (Phi) is 2.30. The molecule has 18 heavy (non-hydrogen) atoms. The molecular formula is C16H12O2. The lowest BCUT2D eigenvalue weighted by Gasteiger charge is -2.09. The van der Waals surface area contributed by atoms with Crippen molar-refractivity contribution in [1.29, 1.82) is 0 Å². The van der Waals surface area contributed by atoms with Crippen LogP contribution in [0.15, 0.2) is 48.5 Å². The van der Waals surface area contributed by atoms with Crippen LogP contribution in [0.1, 0.15) is 15.9 Å². The Morgan fingerprint density at radius 3 is 2.50 bits per heavy atom. The van der Waals surface area contributed by atoms with E-state index in [0.717, 1.165) is 27.1 Å². The van der Waals surface area contributed by atoms with Crippen LogP contribution in [0.5, 0.6) is 0 Å². The number of hydrogen-bond donors (Lipinski definition) is 1. The highest BCUT2D eigenvalue weighted by Crippen LogP contribution is 2.30. The second-order valence-electron chi connectivity index (χ2n) is 4.45. The lowest BCUT2D eigenvalue weighted by atomic mass is 9.94. The molecule has 88 valence electrons. The zero-order chi connectivity index (χ0) is 12.7. The van der Waals surface area contributed by atoms with Crippen LogP contribution in [0.3, 0.4) is 0 Å². The Morgan fingerprint density at radius 1 is 1.00 bits per heavy atom. The first-order chi connectivity index (χ1) is 8.68. The van der Waals surface area contributed by atoms with Crippen LogP contribution in [-0.2, 0) is 0 Å². The monoisotopic (exact) mass is 236 g/mol. The summed E-state index contributed by atoms with van der Waals surface area (Å²) in [6, 6.07) is 15.5. The minimum absolute atomic E-state index is 0.377. The van der Waals surface area contributed by atoms with Gasteiger partial charge in [0.25, 0.3) is 0 Å². The molecule has 0 aliphatic carbocycles.